The number of fused-ring (bicyclic) bond motifs is 1. The third-order valence-corrected chi connectivity index (χ3v) is 5.12. The molecule has 1 amide bonds. The van der Waals surface area contributed by atoms with Crippen LogP contribution in [0.5, 0.6) is 0 Å². The highest BCUT2D eigenvalue weighted by Gasteiger charge is 2.25. The molecule has 1 unspecified atom stereocenters. The number of piperidine rings is 1. The number of carbonyl (C=O) groups excluding carboxylic acids is 1. The van der Waals surface area contributed by atoms with Gasteiger partial charge in [-0.15, -0.1) is 0 Å². The second-order valence-electron chi connectivity index (χ2n) is 6.77. The molecular weight excluding hydrogens is 318 g/mol. The summed E-state index contributed by atoms with van der Waals surface area (Å²) in [6.45, 7) is 7.60. The third kappa shape index (κ3) is 4.02. The molecular formula is C19H27N3O3. The third-order valence-electron chi connectivity index (χ3n) is 5.12. The lowest BCUT2D eigenvalue weighted by Gasteiger charge is -2.33. The van der Waals surface area contributed by atoms with Crippen molar-refractivity contribution in [2.24, 2.45) is 0 Å². The molecule has 1 aromatic heterocycles. The van der Waals surface area contributed by atoms with E-state index in [2.05, 4.69) is 16.1 Å². The van der Waals surface area contributed by atoms with Gasteiger partial charge in [-0.25, -0.2) is 0 Å². The van der Waals surface area contributed by atoms with Crippen LogP contribution in [0.4, 0.5) is 0 Å². The first-order valence-corrected chi connectivity index (χ1v) is 9.13. The second-order valence-corrected chi connectivity index (χ2v) is 6.77. The highest BCUT2D eigenvalue weighted by atomic mass is 16.5. The van der Waals surface area contributed by atoms with Crippen LogP contribution in [0.1, 0.15) is 38.3 Å². The van der Waals surface area contributed by atoms with Crippen LogP contribution in [0.2, 0.25) is 0 Å². The van der Waals surface area contributed by atoms with Crippen molar-refractivity contribution in [1.29, 1.82) is 0 Å². The Kier molecular flexibility index (Phi) is 5.71. The van der Waals surface area contributed by atoms with Crippen molar-refractivity contribution >= 4 is 16.9 Å². The van der Waals surface area contributed by atoms with Gasteiger partial charge in [0.25, 0.3) is 5.91 Å². The van der Waals surface area contributed by atoms with E-state index in [9.17, 15) is 9.90 Å². The Labute approximate surface area is 148 Å². The van der Waals surface area contributed by atoms with Gasteiger partial charge < -0.3 is 19.4 Å². The zero-order chi connectivity index (χ0) is 17.8. The van der Waals surface area contributed by atoms with E-state index in [1.807, 2.05) is 25.1 Å². The summed E-state index contributed by atoms with van der Waals surface area (Å²) in [4.78, 5) is 16.0. The molecule has 1 atom stereocenters. The molecule has 3 rings (SSSR count). The van der Waals surface area contributed by atoms with Crippen molar-refractivity contribution < 1.29 is 14.4 Å². The lowest BCUT2D eigenvalue weighted by atomic mass is 9.91. The summed E-state index contributed by atoms with van der Waals surface area (Å²) in [5.41, 5.74) is 1.94. The van der Waals surface area contributed by atoms with Crippen LogP contribution >= 0.6 is 0 Å². The molecule has 1 aliphatic heterocycles. The molecule has 25 heavy (non-hydrogen) atoms. The van der Waals surface area contributed by atoms with E-state index in [1.165, 1.54) is 6.92 Å². The van der Waals surface area contributed by atoms with E-state index < -0.39 is 6.10 Å². The van der Waals surface area contributed by atoms with E-state index in [4.69, 9.17) is 4.52 Å². The van der Waals surface area contributed by atoms with Gasteiger partial charge in [-0.1, -0.05) is 17.3 Å². The Bertz CT molecular complexity index is 705. The minimum atomic E-state index is -0.925. The summed E-state index contributed by atoms with van der Waals surface area (Å²) < 4.78 is 5.44. The van der Waals surface area contributed by atoms with Gasteiger partial charge in [0.05, 0.1) is 5.69 Å². The number of aliphatic hydroxyl groups excluding tert-OH is 1. The molecule has 0 spiro atoms. The van der Waals surface area contributed by atoms with Crippen LogP contribution < -0.4 is 0 Å². The maximum Gasteiger partial charge on any atom is 0.251 e. The quantitative estimate of drug-likeness (QED) is 0.869. The van der Waals surface area contributed by atoms with E-state index in [1.54, 1.807) is 4.90 Å². The number of hydrogen-bond acceptors (Lipinski definition) is 5. The van der Waals surface area contributed by atoms with E-state index in [0.29, 0.717) is 19.0 Å². The molecule has 1 aliphatic rings. The topological polar surface area (TPSA) is 69.8 Å². The van der Waals surface area contributed by atoms with Crippen molar-refractivity contribution in [3.63, 3.8) is 0 Å². The number of likely N-dealkylation sites (N-methyl/N-ethyl adjacent to an activating group) is 1. The normalized spacial score (nSPS) is 17.7. The molecule has 0 radical (unpaired) electrons. The van der Waals surface area contributed by atoms with Gasteiger partial charge in [-0.3, -0.25) is 4.79 Å². The first kappa shape index (κ1) is 17.9. The molecule has 0 bridgehead atoms. The lowest BCUT2D eigenvalue weighted by Crippen LogP contribution is -2.44. The van der Waals surface area contributed by atoms with Crippen molar-refractivity contribution in [3.05, 3.63) is 30.0 Å². The standard InChI is InChI=1S/C19H27N3O3/c1-3-22(19(24)14(2)23)13-12-21-10-8-15(9-11-21)18-16-6-4-5-7-17(16)25-20-18/h4-7,14-15,23H,3,8-13H2,1-2H3. The van der Waals surface area contributed by atoms with E-state index >= 15 is 0 Å². The lowest BCUT2D eigenvalue weighted by molar-refractivity contribution is -0.139. The van der Waals surface area contributed by atoms with Crippen molar-refractivity contribution in [1.82, 2.24) is 15.0 Å². The number of benzene rings is 1. The maximum atomic E-state index is 11.9. The fraction of sp³-hybridized carbons (Fsp3) is 0.579. The minimum absolute atomic E-state index is 0.188. The number of carbonyl (C=O) groups is 1. The monoisotopic (exact) mass is 345 g/mol. The number of rotatable bonds is 6. The van der Waals surface area contributed by atoms with Gasteiger partial charge in [0.1, 0.15) is 6.10 Å². The summed E-state index contributed by atoms with van der Waals surface area (Å²) in [7, 11) is 0. The summed E-state index contributed by atoms with van der Waals surface area (Å²) in [6, 6.07) is 8.03. The predicted octanol–water partition coefficient (Wildman–Crippen LogP) is 2.24. The van der Waals surface area contributed by atoms with Gasteiger partial charge >= 0.3 is 0 Å². The van der Waals surface area contributed by atoms with Crippen LogP contribution in [-0.2, 0) is 4.79 Å². The zero-order valence-electron chi connectivity index (χ0n) is 15.0. The molecule has 1 fully saturated rings. The van der Waals surface area contributed by atoms with Gasteiger partial charge in [0.15, 0.2) is 5.58 Å². The molecule has 6 nitrogen and oxygen atoms in total. The van der Waals surface area contributed by atoms with Crippen molar-refractivity contribution in [2.75, 3.05) is 32.7 Å². The van der Waals surface area contributed by atoms with Crippen molar-refractivity contribution in [2.45, 2.75) is 38.7 Å². The Morgan fingerprint density at radius 3 is 2.80 bits per heavy atom. The number of amides is 1. The minimum Gasteiger partial charge on any atom is -0.384 e. The molecule has 2 aromatic rings. The molecule has 1 N–H and O–H groups in total. The summed E-state index contributed by atoms with van der Waals surface area (Å²) >= 11 is 0. The molecule has 136 valence electrons. The SMILES string of the molecule is CCN(CCN1CCC(c2noc3ccccc23)CC1)C(=O)C(C)O. The van der Waals surface area contributed by atoms with Gasteiger partial charge in [-0.05, 0) is 51.9 Å². The highest BCUT2D eigenvalue weighted by Crippen LogP contribution is 2.32. The summed E-state index contributed by atoms with van der Waals surface area (Å²) in [5.74, 6) is 0.243. The van der Waals surface area contributed by atoms with Crippen molar-refractivity contribution in [3.8, 4) is 0 Å². The average molecular weight is 345 g/mol. The zero-order valence-corrected chi connectivity index (χ0v) is 15.0. The van der Waals surface area contributed by atoms with Crippen LogP contribution in [0, 0.1) is 0 Å². The number of aromatic nitrogens is 1. The molecule has 2 heterocycles. The van der Waals surface area contributed by atoms with Crippen LogP contribution in [-0.4, -0.2) is 64.8 Å². The summed E-state index contributed by atoms with van der Waals surface area (Å²) in [5, 5.41) is 14.9. The maximum absolute atomic E-state index is 11.9. The van der Waals surface area contributed by atoms with Crippen LogP contribution in [0.25, 0.3) is 11.0 Å². The fourth-order valence-electron chi connectivity index (χ4n) is 3.58. The highest BCUT2D eigenvalue weighted by molar-refractivity contribution is 5.80. The Morgan fingerprint density at radius 2 is 2.12 bits per heavy atom. The Balaban J connectivity index is 1.53. The van der Waals surface area contributed by atoms with Gasteiger partial charge in [0.2, 0.25) is 0 Å². The number of likely N-dealkylation sites (tertiary alicyclic amines) is 1. The predicted molar refractivity (Wildman–Crippen MR) is 96.4 cm³/mol. The second kappa shape index (κ2) is 7.97. The molecule has 0 saturated carbocycles. The molecule has 1 aromatic carbocycles. The Hall–Kier alpha value is -1.92. The number of aliphatic hydroxyl groups is 1. The van der Waals surface area contributed by atoms with E-state index in [0.717, 1.165) is 49.1 Å². The average Bonchev–Trinajstić information content (AvgIpc) is 3.06. The molecule has 1 saturated heterocycles. The fourth-order valence-corrected chi connectivity index (χ4v) is 3.58. The van der Waals surface area contributed by atoms with E-state index in [-0.39, 0.29) is 5.91 Å². The number of hydrogen-bond donors (Lipinski definition) is 1. The summed E-state index contributed by atoms with van der Waals surface area (Å²) in [6.07, 6.45) is 1.17. The first-order chi connectivity index (χ1) is 12.1. The Morgan fingerprint density at radius 1 is 1.40 bits per heavy atom. The smallest absolute Gasteiger partial charge is 0.251 e. The largest absolute Gasteiger partial charge is 0.384 e. The first-order valence-electron chi connectivity index (χ1n) is 9.13. The van der Waals surface area contributed by atoms with Gasteiger partial charge in [-0.2, -0.15) is 0 Å². The number of para-hydroxylation sites is 1. The van der Waals surface area contributed by atoms with Crippen LogP contribution in [0.15, 0.2) is 28.8 Å². The number of nitrogens with zero attached hydrogens (tertiary/aromatic N) is 3. The van der Waals surface area contributed by atoms with Gasteiger partial charge in [0, 0.05) is 30.9 Å². The molecule has 6 heteroatoms. The van der Waals surface area contributed by atoms with Crippen LogP contribution in [0.3, 0.4) is 0 Å². The molecule has 0 aliphatic carbocycles.